The molecule has 0 N–H and O–H groups in total. The van der Waals surface area contributed by atoms with Crippen molar-refractivity contribution in [1.82, 2.24) is 4.90 Å². The third kappa shape index (κ3) is 4.04. The number of thioether (sulfide) groups is 1. The number of carbonyl (C=O) groups is 2. The molecule has 0 radical (unpaired) electrons. The number of aryl methyl sites for hydroxylation is 1. The summed E-state index contributed by atoms with van der Waals surface area (Å²) in [5.74, 6) is 1.05. The minimum absolute atomic E-state index is 0.197. The van der Waals surface area contributed by atoms with Gasteiger partial charge in [0.1, 0.15) is 18.1 Å². The second kappa shape index (κ2) is 8.63. The van der Waals surface area contributed by atoms with E-state index in [0.717, 1.165) is 33.7 Å². The van der Waals surface area contributed by atoms with E-state index in [9.17, 15) is 9.59 Å². The molecule has 152 valence electrons. The molecule has 3 aromatic carbocycles. The lowest BCUT2D eigenvalue weighted by atomic mass is 10.0. The highest BCUT2D eigenvalue weighted by Gasteiger charge is 2.35. The van der Waals surface area contributed by atoms with Gasteiger partial charge in [0.2, 0.25) is 0 Å². The molecule has 4 rings (SSSR count). The van der Waals surface area contributed by atoms with E-state index in [1.165, 1.54) is 4.90 Å². The molecule has 0 spiro atoms. The van der Waals surface area contributed by atoms with E-state index in [4.69, 9.17) is 9.47 Å². The first kappa shape index (κ1) is 20.0. The van der Waals surface area contributed by atoms with E-state index < -0.39 is 0 Å². The summed E-state index contributed by atoms with van der Waals surface area (Å²) in [6, 6.07) is 19.4. The molecule has 6 heteroatoms. The summed E-state index contributed by atoms with van der Waals surface area (Å²) in [5.41, 5.74) is 1.93. The SMILES string of the molecule is COc1ccc2ccccc2c1/C=C1\SC(=O)N(CCOc2ccc(C)cc2)C1=O. The fraction of sp³-hybridized carbons (Fsp3) is 0.167. The standard InChI is InChI=1S/C24H21NO4S/c1-16-7-10-18(11-8-16)29-14-13-25-23(26)22(30-24(25)27)15-20-19-6-4-3-5-17(19)9-12-21(20)28-2/h3-12,15H,13-14H2,1-2H3/b22-15-. The van der Waals surface area contributed by atoms with E-state index in [2.05, 4.69) is 0 Å². The predicted molar refractivity (Wildman–Crippen MR) is 120 cm³/mol. The molecule has 1 aliphatic rings. The first-order valence-corrected chi connectivity index (χ1v) is 10.4. The highest BCUT2D eigenvalue weighted by atomic mass is 32.2. The van der Waals surface area contributed by atoms with Crippen LogP contribution in [0.5, 0.6) is 11.5 Å². The lowest BCUT2D eigenvalue weighted by molar-refractivity contribution is -0.123. The quantitative estimate of drug-likeness (QED) is 0.509. The Kier molecular flexibility index (Phi) is 5.77. The maximum absolute atomic E-state index is 12.9. The summed E-state index contributed by atoms with van der Waals surface area (Å²) in [6.07, 6.45) is 1.74. The fourth-order valence-electron chi connectivity index (χ4n) is 3.32. The number of methoxy groups -OCH3 is 1. The summed E-state index contributed by atoms with van der Waals surface area (Å²) in [5, 5.41) is 1.71. The molecule has 0 saturated carbocycles. The Morgan fingerprint density at radius 3 is 2.53 bits per heavy atom. The molecule has 2 amide bonds. The molecular formula is C24H21NO4S. The number of imide groups is 1. The van der Waals surface area contributed by atoms with Crippen LogP contribution in [0, 0.1) is 6.92 Å². The zero-order valence-electron chi connectivity index (χ0n) is 16.8. The molecule has 3 aromatic rings. The number of rotatable bonds is 6. The summed E-state index contributed by atoms with van der Waals surface area (Å²) in [6.45, 7) is 2.44. The van der Waals surface area contributed by atoms with Crippen LogP contribution in [0.25, 0.3) is 16.8 Å². The monoisotopic (exact) mass is 419 g/mol. The Morgan fingerprint density at radius 1 is 1.00 bits per heavy atom. The Balaban J connectivity index is 1.53. The second-order valence-electron chi connectivity index (χ2n) is 6.90. The van der Waals surface area contributed by atoms with Gasteiger partial charge in [-0.05, 0) is 53.7 Å². The van der Waals surface area contributed by atoms with E-state index in [0.29, 0.717) is 16.4 Å². The fourth-order valence-corrected chi connectivity index (χ4v) is 4.16. The van der Waals surface area contributed by atoms with Gasteiger partial charge in [0.15, 0.2) is 0 Å². The number of ether oxygens (including phenoxy) is 2. The van der Waals surface area contributed by atoms with Crippen LogP contribution in [0.1, 0.15) is 11.1 Å². The summed E-state index contributed by atoms with van der Waals surface area (Å²) < 4.78 is 11.2. The van der Waals surface area contributed by atoms with Gasteiger partial charge in [0.05, 0.1) is 18.6 Å². The van der Waals surface area contributed by atoms with Crippen LogP contribution in [0.2, 0.25) is 0 Å². The molecule has 5 nitrogen and oxygen atoms in total. The smallest absolute Gasteiger partial charge is 0.293 e. The molecule has 0 bridgehead atoms. The van der Waals surface area contributed by atoms with E-state index in [1.54, 1.807) is 13.2 Å². The van der Waals surface area contributed by atoms with Crippen molar-refractivity contribution in [2.45, 2.75) is 6.92 Å². The Bertz CT molecular complexity index is 1140. The van der Waals surface area contributed by atoms with Crippen molar-refractivity contribution in [1.29, 1.82) is 0 Å². The van der Waals surface area contributed by atoms with Crippen LogP contribution in [0.3, 0.4) is 0 Å². The molecule has 0 atom stereocenters. The first-order chi connectivity index (χ1) is 14.6. The van der Waals surface area contributed by atoms with Gasteiger partial charge in [-0.2, -0.15) is 0 Å². The highest BCUT2D eigenvalue weighted by molar-refractivity contribution is 8.18. The number of hydrogen-bond acceptors (Lipinski definition) is 5. The van der Waals surface area contributed by atoms with Crippen LogP contribution in [-0.4, -0.2) is 36.3 Å². The maximum atomic E-state index is 12.9. The van der Waals surface area contributed by atoms with Crippen LogP contribution in [0.15, 0.2) is 65.6 Å². The topological polar surface area (TPSA) is 55.8 Å². The summed E-state index contributed by atoms with van der Waals surface area (Å²) in [7, 11) is 1.59. The van der Waals surface area contributed by atoms with Gasteiger partial charge in [0.25, 0.3) is 11.1 Å². The Hall–Kier alpha value is -3.25. The number of fused-ring (bicyclic) bond motifs is 1. The minimum Gasteiger partial charge on any atom is -0.496 e. The van der Waals surface area contributed by atoms with E-state index >= 15 is 0 Å². The third-order valence-corrected chi connectivity index (χ3v) is 5.81. The molecule has 0 aromatic heterocycles. The first-order valence-electron chi connectivity index (χ1n) is 9.57. The molecule has 30 heavy (non-hydrogen) atoms. The maximum Gasteiger partial charge on any atom is 0.293 e. The molecule has 0 aliphatic carbocycles. The van der Waals surface area contributed by atoms with Gasteiger partial charge < -0.3 is 9.47 Å². The van der Waals surface area contributed by atoms with Crippen molar-refractivity contribution in [3.05, 3.63) is 76.7 Å². The van der Waals surface area contributed by atoms with E-state index in [1.807, 2.05) is 67.6 Å². The van der Waals surface area contributed by atoms with Crippen molar-refractivity contribution >= 4 is 39.8 Å². The van der Waals surface area contributed by atoms with Crippen LogP contribution >= 0.6 is 11.8 Å². The Labute approximate surface area is 179 Å². The van der Waals surface area contributed by atoms with Gasteiger partial charge in [-0.3, -0.25) is 14.5 Å². The molecule has 1 fully saturated rings. The molecule has 0 unspecified atom stereocenters. The van der Waals surface area contributed by atoms with Crippen molar-refractivity contribution < 1.29 is 19.1 Å². The Morgan fingerprint density at radius 2 is 1.77 bits per heavy atom. The number of hydrogen-bond donors (Lipinski definition) is 0. The molecule has 1 aliphatic heterocycles. The van der Waals surface area contributed by atoms with Crippen LogP contribution in [-0.2, 0) is 4.79 Å². The summed E-state index contributed by atoms with van der Waals surface area (Å²) >= 11 is 0.940. The molecule has 1 heterocycles. The zero-order chi connectivity index (χ0) is 21.1. The third-order valence-electron chi connectivity index (χ3n) is 4.90. The van der Waals surface area contributed by atoms with Gasteiger partial charge in [-0.1, -0.05) is 48.0 Å². The lowest BCUT2D eigenvalue weighted by Crippen LogP contribution is -2.32. The van der Waals surface area contributed by atoms with Crippen LogP contribution in [0.4, 0.5) is 4.79 Å². The summed E-state index contributed by atoms with van der Waals surface area (Å²) in [4.78, 5) is 26.9. The van der Waals surface area contributed by atoms with Crippen molar-refractivity contribution in [2.75, 3.05) is 20.3 Å². The number of amides is 2. The second-order valence-corrected chi connectivity index (χ2v) is 7.89. The predicted octanol–water partition coefficient (Wildman–Crippen LogP) is 5.27. The van der Waals surface area contributed by atoms with E-state index in [-0.39, 0.29) is 24.3 Å². The number of benzene rings is 3. The zero-order valence-corrected chi connectivity index (χ0v) is 17.6. The number of carbonyl (C=O) groups excluding carboxylic acids is 2. The van der Waals surface area contributed by atoms with Crippen molar-refractivity contribution in [3.8, 4) is 11.5 Å². The molecular weight excluding hydrogens is 398 g/mol. The number of nitrogens with zero attached hydrogens (tertiary/aromatic N) is 1. The largest absolute Gasteiger partial charge is 0.496 e. The average molecular weight is 420 g/mol. The molecule has 1 saturated heterocycles. The normalized spacial score (nSPS) is 15.3. The van der Waals surface area contributed by atoms with Gasteiger partial charge in [-0.15, -0.1) is 0 Å². The average Bonchev–Trinajstić information content (AvgIpc) is 3.02. The van der Waals surface area contributed by atoms with Crippen LogP contribution < -0.4 is 9.47 Å². The van der Waals surface area contributed by atoms with Crippen molar-refractivity contribution in [3.63, 3.8) is 0 Å². The lowest BCUT2D eigenvalue weighted by Gasteiger charge is -2.13. The van der Waals surface area contributed by atoms with Gasteiger partial charge >= 0.3 is 0 Å². The van der Waals surface area contributed by atoms with Gasteiger partial charge in [0, 0.05) is 5.56 Å². The van der Waals surface area contributed by atoms with Gasteiger partial charge in [-0.25, -0.2) is 0 Å². The highest BCUT2D eigenvalue weighted by Crippen LogP contribution is 2.36. The minimum atomic E-state index is -0.313. The van der Waals surface area contributed by atoms with Crippen molar-refractivity contribution in [2.24, 2.45) is 0 Å².